The van der Waals surface area contributed by atoms with Gasteiger partial charge in [-0.05, 0) is 55.9 Å². The van der Waals surface area contributed by atoms with Gasteiger partial charge in [0.05, 0.1) is 6.61 Å². The highest BCUT2D eigenvalue weighted by Gasteiger charge is 2.30. The Hall–Kier alpha value is -1.96. The minimum absolute atomic E-state index is 0.575. The lowest BCUT2D eigenvalue weighted by Crippen LogP contribution is -2.34. The maximum absolute atomic E-state index is 5.55. The molecule has 0 radical (unpaired) electrons. The van der Waals surface area contributed by atoms with Crippen LogP contribution in [0.25, 0.3) is 0 Å². The van der Waals surface area contributed by atoms with Crippen molar-refractivity contribution in [3.05, 3.63) is 59.7 Å². The van der Waals surface area contributed by atoms with E-state index in [0.29, 0.717) is 18.6 Å². The van der Waals surface area contributed by atoms with Crippen molar-refractivity contribution in [3.63, 3.8) is 0 Å². The average molecular weight is 281 g/mol. The van der Waals surface area contributed by atoms with E-state index in [-0.39, 0.29) is 0 Å². The summed E-state index contributed by atoms with van der Waals surface area (Å²) in [5, 5.41) is 3.62. The molecule has 0 spiro atoms. The maximum Gasteiger partial charge on any atom is 0.121 e. The summed E-state index contributed by atoms with van der Waals surface area (Å²) in [7, 11) is 0. The summed E-state index contributed by atoms with van der Waals surface area (Å²) in [5.74, 6) is 1.65. The highest BCUT2D eigenvalue weighted by Crippen LogP contribution is 2.39. The molecule has 2 nitrogen and oxygen atoms in total. The zero-order valence-corrected chi connectivity index (χ0v) is 12.8. The Bertz CT molecular complexity index is 602. The Labute approximate surface area is 127 Å². The zero-order chi connectivity index (χ0) is 14.7. The monoisotopic (exact) mass is 281 g/mol. The normalized spacial score (nSPS) is 20.7. The first kappa shape index (κ1) is 14.0. The first-order valence-corrected chi connectivity index (χ1v) is 7.81. The fourth-order valence-electron chi connectivity index (χ4n) is 3.11. The molecule has 2 aromatic carbocycles. The second-order valence-electron chi connectivity index (χ2n) is 5.83. The summed E-state index contributed by atoms with van der Waals surface area (Å²) < 4.78 is 5.55. The van der Waals surface area contributed by atoms with Gasteiger partial charge in [-0.2, -0.15) is 0 Å². The molecule has 0 bridgehead atoms. The Morgan fingerprint density at radius 3 is 2.67 bits per heavy atom. The molecule has 1 fully saturated rings. The van der Waals surface area contributed by atoms with E-state index in [2.05, 4.69) is 48.6 Å². The van der Waals surface area contributed by atoms with Crippen LogP contribution in [-0.2, 0) is 0 Å². The first-order chi connectivity index (χ1) is 10.3. The molecule has 110 valence electrons. The quantitative estimate of drug-likeness (QED) is 0.853. The van der Waals surface area contributed by atoms with Crippen molar-refractivity contribution >= 4 is 5.69 Å². The van der Waals surface area contributed by atoms with Crippen LogP contribution in [0, 0.1) is 6.92 Å². The number of hydrogen-bond acceptors (Lipinski definition) is 2. The van der Waals surface area contributed by atoms with Crippen LogP contribution in [0.3, 0.4) is 0 Å². The van der Waals surface area contributed by atoms with Gasteiger partial charge in [-0.15, -0.1) is 0 Å². The van der Waals surface area contributed by atoms with Crippen molar-refractivity contribution in [2.45, 2.75) is 38.6 Å². The first-order valence-electron chi connectivity index (χ1n) is 7.81. The molecule has 1 N–H and O–H groups in total. The predicted octanol–water partition coefficient (Wildman–Crippen LogP) is 4.75. The molecule has 21 heavy (non-hydrogen) atoms. The highest BCUT2D eigenvalue weighted by molar-refractivity contribution is 5.49. The van der Waals surface area contributed by atoms with Crippen LogP contribution in [0.15, 0.2) is 48.5 Å². The van der Waals surface area contributed by atoms with Crippen LogP contribution in [0.1, 0.15) is 36.8 Å². The predicted molar refractivity (Wildman–Crippen MR) is 88.2 cm³/mol. The largest absolute Gasteiger partial charge is 0.494 e. The Morgan fingerprint density at radius 1 is 1.10 bits per heavy atom. The molecular weight excluding hydrogens is 258 g/mol. The molecule has 0 aromatic heterocycles. The van der Waals surface area contributed by atoms with Gasteiger partial charge in [0.15, 0.2) is 0 Å². The van der Waals surface area contributed by atoms with Crippen LogP contribution in [0.5, 0.6) is 5.75 Å². The summed E-state index contributed by atoms with van der Waals surface area (Å²) in [6.45, 7) is 4.93. The van der Waals surface area contributed by atoms with Crippen LogP contribution < -0.4 is 10.1 Å². The average Bonchev–Trinajstić information content (AvgIpc) is 2.44. The van der Waals surface area contributed by atoms with E-state index >= 15 is 0 Å². The summed E-state index contributed by atoms with van der Waals surface area (Å²) in [6, 6.07) is 17.6. The van der Waals surface area contributed by atoms with E-state index in [1.807, 2.05) is 19.1 Å². The van der Waals surface area contributed by atoms with E-state index in [1.165, 1.54) is 24.0 Å². The van der Waals surface area contributed by atoms with E-state index in [9.17, 15) is 0 Å². The summed E-state index contributed by atoms with van der Waals surface area (Å²) in [4.78, 5) is 0. The molecule has 1 aliphatic rings. The van der Waals surface area contributed by atoms with Crippen molar-refractivity contribution in [1.82, 2.24) is 0 Å². The number of anilines is 1. The number of nitrogens with one attached hydrogen (secondary N) is 1. The molecule has 2 heteroatoms. The lowest BCUT2D eigenvalue weighted by Gasteiger charge is -2.37. The third kappa shape index (κ3) is 3.21. The molecule has 0 atom stereocenters. The van der Waals surface area contributed by atoms with Crippen molar-refractivity contribution in [2.24, 2.45) is 0 Å². The summed E-state index contributed by atoms with van der Waals surface area (Å²) in [6.07, 6.45) is 2.42. The number of benzene rings is 2. The number of rotatable bonds is 5. The molecule has 2 aromatic rings. The van der Waals surface area contributed by atoms with Gasteiger partial charge in [0, 0.05) is 17.8 Å². The van der Waals surface area contributed by atoms with Gasteiger partial charge in [-0.25, -0.2) is 0 Å². The minimum Gasteiger partial charge on any atom is -0.494 e. The molecule has 1 aliphatic carbocycles. The molecule has 3 rings (SSSR count). The van der Waals surface area contributed by atoms with E-state index < -0.39 is 0 Å². The van der Waals surface area contributed by atoms with Crippen LogP contribution in [0.4, 0.5) is 5.69 Å². The lowest BCUT2D eigenvalue weighted by atomic mass is 9.74. The molecular formula is C19H23NO. The number of aryl methyl sites for hydroxylation is 1. The van der Waals surface area contributed by atoms with Crippen LogP contribution in [0.2, 0.25) is 0 Å². The fourth-order valence-corrected chi connectivity index (χ4v) is 3.11. The van der Waals surface area contributed by atoms with Gasteiger partial charge >= 0.3 is 0 Å². The van der Waals surface area contributed by atoms with Gasteiger partial charge < -0.3 is 10.1 Å². The van der Waals surface area contributed by atoms with Gasteiger partial charge in [-0.1, -0.05) is 30.3 Å². The number of ether oxygens (including phenoxy) is 1. The third-order valence-electron chi connectivity index (χ3n) is 4.28. The Kier molecular flexibility index (Phi) is 4.14. The topological polar surface area (TPSA) is 21.3 Å². The van der Waals surface area contributed by atoms with Crippen LogP contribution >= 0.6 is 0 Å². The van der Waals surface area contributed by atoms with Crippen molar-refractivity contribution in [2.75, 3.05) is 11.9 Å². The highest BCUT2D eigenvalue weighted by atomic mass is 16.5. The maximum atomic E-state index is 5.55. The molecule has 0 amide bonds. The zero-order valence-electron chi connectivity index (χ0n) is 12.8. The minimum atomic E-state index is 0.575. The summed E-state index contributed by atoms with van der Waals surface area (Å²) >= 11 is 0. The second kappa shape index (κ2) is 6.21. The van der Waals surface area contributed by atoms with Crippen molar-refractivity contribution < 1.29 is 4.74 Å². The third-order valence-corrected chi connectivity index (χ3v) is 4.28. The van der Waals surface area contributed by atoms with Gasteiger partial charge in [-0.3, -0.25) is 0 Å². The van der Waals surface area contributed by atoms with E-state index in [1.54, 1.807) is 0 Å². The molecule has 0 heterocycles. The van der Waals surface area contributed by atoms with Crippen LogP contribution in [-0.4, -0.2) is 12.6 Å². The van der Waals surface area contributed by atoms with Gasteiger partial charge in [0.1, 0.15) is 5.75 Å². The second-order valence-corrected chi connectivity index (χ2v) is 5.83. The lowest BCUT2D eigenvalue weighted by molar-refractivity contribution is 0.340. The molecule has 0 saturated heterocycles. The van der Waals surface area contributed by atoms with E-state index in [0.717, 1.165) is 11.4 Å². The Morgan fingerprint density at radius 2 is 1.90 bits per heavy atom. The molecule has 1 saturated carbocycles. The summed E-state index contributed by atoms with van der Waals surface area (Å²) in [5.41, 5.74) is 4.09. The fraction of sp³-hybridized carbons (Fsp3) is 0.368. The SMILES string of the molecule is CCOc1cccc(NC2CC(c3ccccc3C)C2)c1. The number of hydrogen-bond donors (Lipinski definition) is 1. The molecule has 0 unspecified atom stereocenters. The smallest absolute Gasteiger partial charge is 0.121 e. The Balaban J connectivity index is 1.57. The standard InChI is InChI=1S/C19H23NO/c1-3-21-18-9-6-8-16(13-18)20-17-11-15(12-17)19-10-5-4-7-14(19)2/h4-10,13,15,17,20H,3,11-12H2,1-2H3. The molecule has 0 aliphatic heterocycles. The van der Waals surface area contributed by atoms with Gasteiger partial charge in [0.2, 0.25) is 0 Å². The van der Waals surface area contributed by atoms with Crippen molar-refractivity contribution in [1.29, 1.82) is 0 Å². The van der Waals surface area contributed by atoms with Gasteiger partial charge in [0.25, 0.3) is 0 Å². The van der Waals surface area contributed by atoms with E-state index in [4.69, 9.17) is 4.74 Å². The van der Waals surface area contributed by atoms with Crippen molar-refractivity contribution in [3.8, 4) is 5.75 Å².